The molecule has 27 heavy (non-hydrogen) atoms. The molecule has 0 radical (unpaired) electrons. The second-order valence-corrected chi connectivity index (χ2v) is 7.62. The quantitative estimate of drug-likeness (QED) is 0.490. The highest BCUT2D eigenvalue weighted by molar-refractivity contribution is 7.71. The maximum atomic E-state index is 5.46. The highest BCUT2D eigenvalue weighted by Gasteiger charge is 2.14. The fraction of sp³-hybridized carbons (Fsp3) is 0.286. The Balaban J connectivity index is 1.87. The van der Waals surface area contributed by atoms with Gasteiger partial charge in [-0.3, -0.25) is 0 Å². The number of H-pyrrole nitrogens is 1. The zero-order valence-corrected chi connectivity index (χ0v) is 16.9. The van der Waals surface area contributed by atoms with E-state index in [1.54, 1.807) is 10.9 Å². The van der Waals surface area contributed by atoms with Gasteiger partial charge in [-0.05, 0) is 59.9 Å². The van der Waals surface area contributed by atoms with Gasteiger partial charge in [-0.15, -0.1) is 0 Å². The molecule has 0 fully saturated rings. The molecule has 0 amide bonds. The van der Waals surface area contributed by atoms with Crippen molar-refractivity contribution in [3.63, 3.8) is 0 Å². The van der Waals surface area contributed by atoms with Gasteiger partial charge in [-0.25, -0.2) is 5.10 Å². The number of aromatic nitrogens is 3. The number of nitrogens with one attached hydrogen (secondary N) is 1. The number of aromatic amines is 1. The van der Waals surface area contributed by atoms with Crippen molar-refractivity contribution in [3.05, 3.63) is 64.4 Å². The third-order valence-electron chi connectivity index (χ3n) is 4.17. The van der Waals surface area contributed by atoms with E-state index in [9.17, 15) is 0 Å². The smallest absolute Gasteiger partial charge is 0.216 e. The Labute approximate surface area is 164 Å². The van der Waals surface area contributed by atoms with E-state index < -0.39 is 0 Å². The average Bonchev–Trinajstić information content (AvgIpc) is 3.01. The number of hydrogen-bond acceptors (Lipinski definition) is 4. The van der Waals surface area contributed by atoms with Crippen LogP contribution in [-0.2, 0) is 5.41 Å². The average molecular weight is 381 g/mol. The minimum atomic E-state index is 0.106. The van der Waals surface area contributed by atoms with Crippen LogP contribution in [0.25, 0.3) is 11.4 Å². The summed E-state index contributed by atoms with van der Waals surface area (Å²) in [5, 5.41) is 11.7. The fourth-order valence-electron chi connectivity index (χ4n) is 2.65. The lowest BCUT2D eigenvalue weighted by Gasteiger charge is -2.18. The predicted molar refractivity (Wildman–Crippen MR) is 112 cm³/mol. The van der Waals surface area contributed by atoms with Gasteiger partial charge in [0.2, 0.25) is 4.77 Å². The summed E-state index contributed by atoms with van der Waals surface area (Å²) >= 11 is 5.34. The molecular formula is C21H24N4OS. The third kappa shape index (κ3) is 4.52. The van der Waals surface area contributed by atoms with Crippen molar-refractivity contribution in [1.82, 2.24) is 14.9 Å². The van der Waals surface area contributed by atoms with E-state index in [2.05, 4.69) is 60.3 Å². The molecule has 2 aromatic carbocycles. The van der Waals surface area contributed by atoms with Crippen molar-refractivity contribution in [3.8, 4) is 17.1 Å². The molecule has 0 aliphatic heterocycles. The first-order valence-corrected chi connectivity index (χ1v) is 9.35. The topological polar surface area (TPSA) is 55.2 Å². The van der Waals surface area contributed by atoms with E-state index in [1.807, 2.05) is 31.2 Å². The summed E-state index contributed by atoms with van der Waals surface area (Å²) in [5.74, 6) is 1.52. The summed E-state index contributed by atoms with van der Waals surface area (Å²) in [6.45, 7) is 9.19. The van der Waals surface area contributed by atoms with Crippen LogP contribution in [0, 0.1) is 4.77 Å². The Bertz CT molecular complexity index is 977. The van der Waals surface area contributed by atoms with Crippen molar-refractivity contribution in [2.24, 2.45) is 5.10 Å². The number of rotatable bonds is 5. The molecule has 140 valence electrons. The first-order chi connectivity index (χ1) is 12.9. The Morgan fingerprint density at radius 3 is 2.37 bits per heavy atom. The van der Waals surface area contributed by atoms with Gasteiger partial charge < -0.3 is 4.74 Å². The monoisotopic (exact) mass is 380 g/mol. The molecule has 0 aliphatic carbocycles. The van der Waals surface area contributed by atoms with E-state index >= 15 is 0 Å². The summed E-state index contributed by atoms with van der Waals surface area (Å²) in [6, 6.07) is 16.1. The molecule has 1 N–H and O–H groups in total. The molecule has 3 rings (SSSR count). The van der Waals surface area contributed by atoms with E-state index in [0.717, 1.165) is 16.9 Å². The molecule has 0 unspecified atom stereocenters. The van der Waals surface area contributed by atoms with Crippen LogP contribution >= 0.6 is 12.2 Å². The molecule has 1 heterocycles. The minimum Gasteiger partial charge on any atom is -0.494 e. The highest BCUT2D eigenvalue weighted by atomic mass is 32.1. The van der Waals surface area contributed by atoms with Crippen LogP contribution in [0.5, 0.6) is 5.75 Å². The summed E-state index contributed by atoms with van der Waals surface area (Å²) in [6.07, 6.45) is 1.76. The molecule has 6 heteroatoms. The van der Waals surface area contributed by atoms with E-state index in [0.29, 0.717) is 17.2 Å². The molecule has 0 saturated carbocycles. The normalized spacial score (nSPS) is 11.9. The molecule has 0 aliphatic rings. The first-order valence-electron chi connectivity index (χ1n) is 8.94. The van der Waals surface area contributed by atoms with Crippen molar-refractivity contribution in [2.75, 3.05) is 6.61 Å². The van der Waals surface area contributed by atoms with Gasteiger partial charge in [-0.2, -0.15) is 14.9 Å². The fourth-order valence-corrected chi connectivity index (χ4v) is 2.83. The van der Waals surface area contributed by atoms with Crippen LogP contribution in [0.15, 0.2) is 53.6 Å². The third-order valence-corrected chi connectivity index (χ3v) is 4.44. The molecule has 3 aromatic rings. The Morgan fingerprint density at radius 1 is 1.11 bits per heavy atom. The Kier molecular flexibility index (Phi) is 5.56. The van der Waals surface area contributed by atoms with Crippen molar-refractivity contribution < 1.29 is 4.74 Å². The second kappa shape index (κ2) is 7.88. The zero-order valence-electron chi connectivity index (χ0n) is 16.1. The van der Waals surface area contributed by atoms with Crippen LogP contribution in [-0.4, -0.2) is 27.7 Å². The number of hydrogen-bond donors (Lipinski definition) is 1. The van der Waals surface area contributed by atoms with Gasteiger partial charge in [0.15, 0.2) is 5.82 Å². The zero-order chi connectivity index (χ0) is 19.4. The van der Waals surface area contributed by atoms with Gasteiger partial charge in [0, 0.05) is 5.56 Å². The van der Waals surface area contributed by atoms with Gasteiger partial charge >= 0.3 is 0 Å². The first kappa shape index (κ1) is 19.0. The number of ether oxygens (including phenoxy) is 1. The number of benzene rings is 2. The van der Waals surface area contributed by atoms with Gasteiger partial charge in [0.05, 0.1) is 12.8 Å². The van der Waals surface area contributed by atoms with Crippen LogP contribution in [0.1, 0.15) is 38.8 Å². The summed E-state index contributed by atoms with van der Waals surface area (Å²) in [7, 11) is 0. The Morgan fingerprint density at radius 2 is 1.78 bits per heavy atom. The van der Waals surface area contributed by atoms with Crippen LogP contribution in [0.4, 0.5) is 0 Å². The van der Waals surface area contributed by atoms with Crippen molar-refractivity contribution in [2.45, 2.75) is 33.1 Å². The summed E-state index contributed by atoms with van der Waals surface area (Å²) in [5.41, 5.74) is 3.29. The van der Waals surface area contributed by atoms with Gasteiger partial charge in [0.25, 0.3) is 0 Å². The van der Waals surface area contributed by atoms with Crippen LogP contribution in [0.3, 0.4) is 0 Å². The van der Waals surface area contributed by atoms with Crippen LogP contribution in [0.2, 0.25) is 0 Å². The molecular weight excluding hydrogens is 356 g/mol. The highest BCUT2D eigenvalue weighted by Crippen LogP contribution is 2.25. The van der Waals surface area contributed by atoms with Crippen molar-refractivity contribution in [1.29, 1.82) is 0 Å². The van der Waals surface area contributed by atoms with E-state index in [1.165, 1.54) is 5.56 Å². The lowest BCUT2D eigenvalue weighted by molar-refractivity contribution is 0.340. The molecule has 0 spiro atoms. The predicted octanol–water partition coefficient (Wildman–Crippen LogP) is 5.19. The minimum absolute atomic E-state index is 0.106. The van der Waals surface area contributed by atoms with Gasteiger partial charge in [0.1, 0.15) is 5.75 Å². The maximum absolute atomic E-state index is 5.46. The summed E-state index contributed by atoms with van der Waals surface area (Å²) in [4.78, 5) is 0. The number of nitrogens with zero attached hydrogens (tertiary/aromatic N) is 3. The lowest BCUT2D eigenvalue weighted by Crippen LogP contribution is -2.10. The Hall–Kier alpha value is -2.73. The van der Waals surface area contributed by atoms with E-state index in [4.69, 9.17) is 17.0 Å². The molecule has 0 atom stereocenters. The SMILES string of the molecule is CCOc1ccc(/C=N/n2c(-c3ccc(C(C)(C)C)cc3)n[nH]c2=S)cc1. The van der Waals surface area contributed by atoms with E-state index in [-0.39, 0.29) is 5.41 Å². The second-order valence-electron chi connectivity index (χ2n) is 7.24. The molecule has 5 nitrogen and oxygen atoms in total. The standard InChI is InChI=1S/C21H24N4OS/c1-5-26-18-12-6-15(7-13-18)14-22-25-19(23-24-20(25)27)16-8-10-17(11-9-16)21(2,3)4/h6-14H,5H2,1-4H3,(H,24,27)/b22-14+. The molecule has 0 saturated heterocycles. The molecule has 1 aromatic heterocycles. The maximum Gasteiger partial charge on any atom is 0.216 e. The van der Waals surface area contributed by atoms with Gasteiger partial charge in [-0.1, -0.05) is 45.0 Å². The molecule has 0 bridgehead atoms. The van der Waals surface area contributed by atoms with Crippen molar-refractivity contribution >= 4 is 18.4 Å². The lowest BCUT2D eigenvalue weighted by atomic mass is 9.87. The van der Waals surface area contributed by atoms with Crippen LogP contribution < -0.4 is 4.74 Å². The largest absolute Gasteiger partial charge is 0.494 e. The summed E-state index contributed by atoms with van der Waals surface area (Å²) < 4.78 is 7.55.